The maximum atomic E-state index is 12.9. The van der Waals surface area contributed by atoms with Gasteiger partial charge >= 0.3 is 0 Å². The SMILES string of the molecule is Cc1ccccc1C(=O)N[C@@H](C(=O)Nc1cccc(-c2cn[nH]c2)c1)C(C)C. The summed E-state index contributed by atoms with van der Waals surface area (Å²) in [6.07, 6.45) is 3.51. The highest BCUT2D eigenvalue weighted by atomic mass is 16.2. The maximum Gasteiger partial charge on any atom is 0.252 e. The molecule has 0 aliphatic carbocycles. The fraction of sp³-hybridized carbons (Fsp3) is 0.227. The smallest absolute Gasteiger partial charge is 0.252 e. The number of anilines is 1. The first-order valence-corrected chi connectivity index (χ1v) is 9.22. The summed E-state index contributed by atoms with van der Waals surface area (Å²) in [6, 6.07) is 14.2. The van der Waals surface area contributed by atoms with E-state index in [9.17, 15) is 9.59 Å². The quantitative estimate of drug-likeness (QED) is 0.612. The van der Waals surface area contributed by atoms with E-state index in [4.69, 9.17) is 0 Å². The minimum atomic E-state index is -0.648. The van der Waals surface area contributed by atoms with E-state index in [1.807, 2.05) is 63.2 Å². The first kappa shape index (κ1) is 19.4. The lowest BCUT2D eigenvalue weighted by Crippen LogP contribution is -2.47. The molecule has 6 heteroatoms. The Kier molecular flexibility index (Phi) is 5.89. The lowest BCUT2D eigenvalue weighted by atomic mass is 10.0. The molecule has 0 spiro atoms. The van der Waals surface area contributed by atoms with E-state index in [2.05, 4.69) is 20.8 Å². The molecule has 0 radical (unpaired) electrons. The second kappa shape index (κ2) is 8.52. The van der Waals surface area contributed by atoms with Gasteiger partial charge in [-0.2, -0.15) is 5.10 Å². The zero-order valence-corrected chi connectivity index (χ0v) is 16.2. The Hall–Kier alpha value is -3.41. The van der Waals surface area contributed by atoms with Crippen LogP contribution in [0.4, 0.5) is 5.69 Å². The average Bonchev–Trinajstić information content (AvgIpc) is 3.21. The molecule has 1 aromatic heterocycles. The van der Waals surface area contributed by atoms with E-state index in [0.717, 1.165) is 16.7 Å². The van der Waals surface area contributed by atoms with Gasteiger partial charge in [0.15, 0.2) is 0 Å². The molecule has 6 nitrogen and oxygen atoms in total. The standard InChI is InChI=1S/C22H24N4O2/c1-14(2)20(26-21(27)19-10-5-4-7-15(19)3)22(28)25-18-9-6-8-16(11-18)17-12-23-24-13-17/h4-14,20H,1-3H3,(H,23,24)(H,25,28)(H,26,27)/t20-/m1/s1. The average molecular weight is 376 g/mol. The Bertz CT molecular complexity index is 964. The van der Waals surface area contributed by atoms with Crippen LogP contribution in [0.3, 0.4) is 0 Å². The first-order valence-electron chi connectivity index (χ1n) is 9.22. The fourth-order valence-corrected chi connectivity index (χ4v) is 2.99. The Morgan fingerprint density at radius 3 is 2.50 bits per heavy atom. The third-order valence-corrected chi connectivity index (χ3v) is 4.59. The van der Waals surface area contributed by atoms with Crippen LogP contribution in [-0.4, -0.2) is 28.1 Å². The topological polar surface area (TPSA) is 86.9 Å². The highest BCUT2D eigenvalue weighted by Crippen LogP contribution is 2.22. The number of hydrogen-bond donors (Lipinski definition) is 3. The van der Waals surface area contributed by atoms with Crippen molar-refractivity contribution in [1.29, 1.82) is 0 Å². The van der Waals surface area contributed by atoms with Crippen molar-refractivity contribution >= 4 is 17.5 Å². The lowest BCUT2D eigenvalue weighted by Gasteiger charge is -2.22. The molecule has 3 aromatic rings. The summed E-state index contributed by atoms with van der Waals surface area (Å²) in [7, 11) is 0. The van der Waals surface area contributed by atoms with Gasteiger partial charge in [-0.3, -0.25) is 14.7 Å². The van der Waals surface area contributed by atoms with Gasteiger partial charge in [0, 0.05) is 23.0 Å². The second-order valence-corrected chi connectivity index (χ2v) is 7.07. The molecule has 28 heavy (non-hydrogen) atoms. The van der Waals surface area contributed by atoms with Crippen LogP contribution in [0, 0.1) is 12.8 Å². The van der Waals surface area contributed by atoms with Gasteiger partial charge in [0.05, 0.1) is 6.20 Å². The Morgan fingerprint density at radius 2 is 1.82 bits per heavy atom. The van der Waals surface area contributed by atoms with Crippen LogP contribution in [0.15, 0.2) is 60.9 Å². The number of aromatic nitrogens is 2. The summed E-state index contributed by atoms with van der Waals surface area (Å²) in [5.41, 5.74) is 3.99. The monoisotopic (exact) mass is 376 g/mol. The van der Waals surface area contributed by atoms with Crippen LogP contribution in [0.5, 0.6) is 0 Å². The number of nitrogens with one attached hydrogen (secondary N) is 3. The molecule has 0 aliphatic heterocycles. The van der Waals surface area contributed by atoms with Crippen molar-refractivity contribution in [3.05, 3.63) is 72.1 Å². The van der Waals surface area contributed by atoms with Crippen molar-refractivity contribution in [3.8, 4) is 11.1 Å². The van der Waals surface area contributed by atoms with E-state index in [-0.39, 0.29) is 17.7 Å². The highest BCUT2D eigenvalue weighted by Gasteiger charge is 2.25. The molecule has 0 unspecified atom stereocenters. The summed E-state index contributed by atoms with van der Waals surface area (Å²) >= 11 is 0. The Labute approximate surface area is 164 Å². The number of nitrogens with zero attached hydrogens (tertiary/aromatic N) is 1. The van der Waals surface area contributed by atoms with Crippen LogP contribution in [-0.2, 0) is 4.79 Å². The number of carbonyl (C=O) groups is 2. The van der Waals surface area contributed by atoms with Gasteiger partial charge in [0.2, 0.25) is 5.91 Å². The summed E-state index contributed by atoms with van der Waals surface area (Å²) in [5, 5.41) is 12.5. The summed E-state index contributed by atoms with van der Waals surface area (Å²) < 4.78 is 0. The molecule has 3 rings (SSSR count). The zero-order chi connectivity index (χ0) is 20.1. The van der Waals surface area contributed by atoms with Gasteiger partial charge in [-0.1, -0.05) is 44.2 Å². The van der Waals surface area contributed by atoms with Crippen molar-refractivity contribution in [2.45, 2.75) is 26.8 Å². The normalized spacial score (nSPS) is 11.9. The van der Waals surface area contributed by atoms with E-state index in [1.165, 1.54) is 0 Å². The maximum absolute atomic E-state index is 12.9. The molecule has 0 aliphatic rings. The molecule has 2 aromatic carbocycles. The predicted molar refractivity (Wildman–Crippen MR) is 110 cm³/mol. The second-order valence-electron chi connectivity index (χ2n) is 7.07. The zero-order valence-electron chi connectivity index (χ0n) is 16.2. The number of amides is 2. The third-order valence-electron chi connectivity index (χ3n) is 4.59. The molecule has 3 N–H and O–H groups in total. The van der Waals surface area contributed by atoms with E-state index < -0.39 is 6.04 Å². The Balaban J connectivity index is 1.74. The molecule has 144 valence electrons. The first-order chi connectivity index (χ1) is 13.5. The molecule has 0 fully saturated rings. The summed E-state index contributed by atoms with van der Waals surface area (Å²) in [4.78, 5) is 25.5. The van der Waals surface area contributed by atoms with Crippen LogP contribution in [0.2, 0.25) is 0 Å². The summed E-state index contributed by atoms with van der Waals surface area (Å²) in [6.45, 7) is 5.69. The number of aromatic amines is 1. The molecular formula is C22H24N4O2. The van der Waals surface area contributed by atoms with Gasteiger partial charge in [0.1, 0.15) is 6.04 Å². The van der Waals surface area contributed by atoms with Crippen molar-refractivity contribution < 1.29 is 9.59 Å². The fourth-order valence-electron chi connectivity index (χ4n) is 2.99. The molecular weight excluding hydrogens is 352 g/mol. The number of carbonyl (C=O) groups excluding carboxylic acids is 2. The molecule has 1 atom stereocenters. The summed E-state index contributed by atoms with van der Waals surface area (Å²) in [5.74, 6) is -0.564. The number of rotatable bonds is 6. The van der Waals surface area contributed by atoms with Crippen molar-refractivity contribution in [3.63, 3.8) is 0 Å². The Morgan fingerprint density at radius 1 is 1.04 bits per heavy atom. The van der Waals surface area contributed by atoms with Crippen molar-refractivity contribution in [2.24, 2.45) is 5.92 Å². The number of hydrogen-bond acceptors (Lipinski definition) is 3. The number of H-pyrrole nitrogens is 1. The third kappa shape index (κ3) is 4.46. The van der Waals surface area contributed by atoms with Crippen LogP contribution in [0.1, 0.15) is 29.8 Å². The molecule has 0 saturated heterocycles. The van der Waals surface area contributed by atoms with Crippen LogP contribution >= 0.6 is 0 Å². The number of aryl methyl sites for hydroxylation is 1. The molecule has 0 bridgehead atoms. The molecule has 2 amide bonds. The number of benzene rings is 2. The van der Waals surface area contributed by atoms with Gasteiger partial charge in [-0.25, -0.2) is 0 Å². The molecule has 0 saturated carbocycles. The van der Waals surface area contributed by atoms with Crippen molar-refractivity contribution in [2.75, 3.05) is 5.32 Å². The lowest BCUT2D eigenvalue weighted by molar-refractivity contribution is -0.118. The van der Waals surface area contributed by atoms with Gasteiger partial charge in [-0.15, -0.1) is 0 Å². The largest absolute Gasteiger partial charge is 0.340 e. The van der Waals surface area contributed by atoms with Gasteiger partial charge in [0.25, 0.3) is 5.91 Å². The van der Waals surface area contributed by atoms with E-state index >= 15 is 0 Å². The predicted octanol–water partition coefficient (Wildman–Crippen LogP) is 3.78. The van der Waals surface area contributed by atoms with Crippen LogP contribution < -0.4 is 10.6 Å². The van der Waals surface area contributed by atoms with Crippen molar-refractivity contribution in [1.82, 2.24) is 15.5 Å². The van der Waals surface area contributed by atoms with Gasteiger partial charge < -0.3 is 10.6 Å². The van der Waals surface area contributed by atoms with Crippen LogP contribution in [0.25, 0.3) is 11.1 Å². The van der Waals surface area contributed by atoms with Gasteiger partial charge in [-0.05, 0) is 42.2 Å². The van der Waals surface area contributed by atoms with E-state index in [1.54, 1.807) is 18.5 Å². The minimum Gasteiger partial charge on any atom is -0.340 e. The minimum absolute atomic E-state index is 0.0648. The molecule has 1 heterocycles. The highest BCUT2D eigenvalue weighted by molar-refractivity contribution is 6.02. The van der Waals surface area contributed by atoms with E-state index in [0.29, 0.717) is 11.3 Å².